The number of benzene rings is 4. The number of carbonyl (C=O) groups is 1. The van der Waals surface area contributed by atoms with E-state index in [-0.39, 0.29) is 50.7 Å². The molecule has 11 nitrogen and oxygen atoms in total. The van der Waals surface area contributed by atoms with Crippen LogP contribution in [0.2, 0.25) is 0 Å². The van der Waals surface area contributed by atoms with Crippen LogP contribution in [0.5, 0.6) is 46.0 Å². The van der Waals surface area contributed by atoms with Crippen LogP contribution in [-0.4, -0.2) is 42.0 Å². The molecular formula is C35H28O11. The quantitative estimate of drug-likeness (QED) is 0.131. The highest BCUT2D eigenvalue weighted by Crippen LogP contribution is 2.54. The topological polar surface area (TPSA) is 187 Å². The number of phenolic OH excluding ortho intramolecular Hbond substituents is 6. The molecule has 4 aromatic carbocycles. The Morgan fingerprint density at radius 2 is 1.52 bits per heavy atom. The summed E-state index contributed by atoms with van der Waals surface area (Å²) in [5.41, 5.74) is -0.898. The minimum absolute atomic E-state index is 0.0394. The Kier molecular flexibility index (Phi) is 6.34. The van der Waals surface area contributed by atoms with Crippen LogP contribution in [0.1, 0.15) is 59.3 Å². The summed E-state index contributed by atoms with van der Waals surface area (Å²) in [5, 5.41) is 63.1. The number of phenols is 6. The van der Waals surface area contributed by atoms with Crippen molar-refractivity contribution in [2.75, 3.05) is 0 Å². The zero-order chi connectivity index (χ0) is 32.7. The van der Waals surface area contributed by atoms with Crippen molar-refractivity contribution in [3.8, 4) is 57.3 Å². The molecule has 0 aliphatic carbocycles. The maximum atomic E-state index is 14.6. The van der Waals surface area contributed by atoms with Gasteiger partial charge >= 0.3 is 0 Å². The third-order valence-electron chi connectivity index (χ3n) is 8.57. The van der Waals surface area contributed by atoms with E-state index in [0.29, 0.717) is 29.7 Å². The molecule has 7 rings (SSSR count). The highest BCUT2D eigenvalue weighted by atomic mass is 16.5. The predicted octanol–water partition coefficient (Wildman–Crippen LogP) is 5.90. The first-order valence-corrected chi connectivity index (χ1v) is 14.5. The second kappa shape index (κ2) is 10.1. The Balaban J connectivity index is 1.50. The number of hydrogen-bond donors (Lipinski definition) is 6. The van der Waals surface area contributed by atoms with Crippen LogP contribution in [0, 0.1) is 0 Å². The maximum Gasteiger partial charge on any atom is 0.197 e. The van der Waals surface area contributed by atoms with Crippen LogP contribution >= 0.6 is 0 Å². The zero-order valence-electron chi connectivity index (χ0n) is 24.6. The highest BCUT2D eigenvalue weighted by molar-refractivity contribution is 6.09. The fourth-order valence-corrected chi connectivity index (χ4v) is 6.25. The summed E-state index contributed by atoms with van der Waals surface area (Å²) in [6.07, 6.45) is -0.184. The Bertz CT molecular complexity index is 2140. The van der Waals surface area contributed by atoms with E-state index in [1.165, 1.54) is 36.4 Å². The molecule has 0 bridgehead atoms. The van der Waals surface area contributed by atoms with Crippen molar-refractivity contribution in [3.63, 3.8) is 0 Å². The van der Waals surface area contributed by atoms with E-state index in [1.807, 2.05) is 13.8 Å². The van der Waals surface area contributed by atoms with Crippen molar-refractivity contribution in [2.24, 2.45) is 0 Å². The molecule has 46 heavy (non-hydrogen) atoms. The minimum Gasteiger partial charge on any atom is -0.508 e. The van der Waals surface area contributed by atoms with Crippen LogP contribution in [0.25, 0.3) is 22.3 Å². The molecule has 0 spiro atoms. The molecule has 3 heterocycles. The molecule has 5 aromatic rings. The fraction of sp³-hybridized carbons (Fsp3) is 0.200. The third kappa shape index (κ3) is 4.50. The van der Waals surface area contributed by atoms with Gasteiger partial charge in [-0.15, -0.1) is 0 Å². The Morgan fingerprint density at radius 1 is 0.783 bits per heavy atom. The largest absolute Gasteiger partial charge is 0.508 e. The highest BCUT2D eigenvalue weighted by Gasteiger charge is 2.46. The molecule has 2 aliphatic heterocycles. The lowest BCUT2D eigenvalue weighted by Gasteiger charge is -2.37. The molecule has 11 heteroatoms. The fourth-order valence-electron chi connectivity index (χ4n) is 6.25. The first kappa shape index (κ1) is 28.9. The molecule has 6 N–H and O–H groups in total. The van der Waals surface area contributed by atoms with Gasteiger partial charge in [0.25, 0.3) is 0 Å². The second-order valence-corrected chi connectivity index (χ2v) is 12.1. The molecule has 234 valence electrons. The number of Topliss-reactive ketones (excluding diaryl/α,β-unsaturated/α-hetero) is 1. The first-order valence-electron chi connectivity index (χ1n) is 14.5. The van der Waals surface area contributed by atoms with Crippen molar-refractivity contribution in [3.05, 3.63) is 93.1 Å². The predicted molar refractivity (Wildman–Crippen MR) is 164 cm³/mol. The normalized spacial score (nSPS) is 18.3. The van der Waals surface area contributed by atoms with Gasteiger partial charge in [-0.1, -0.05) is 12.1 Å². The van der Waals surface area contributed by atoms with Crippen LogP contribution in [0.3, 0.4) is 0 Å². The van der Waals surface area contributed by atoms with Gasteiger partial charge in [-0.25, -0.2) is 0 Å². The maximum absolute atomic E-state index is 14.6. The van der Waals surface area contributed by atoms with Gasteiger partial charge < -0.3 is 44.5 Å². The van der Waals surface area contributed by atoms with Gasteiger partial charge in [-0.3, -0.25) is 9.59 Å². The molecule has 0 saturated carbocycles. The van der Waals surface area contributed by atoms with Crippen molar-refractivity contribution < 1.29 is 49.3 Å². The number of carbonyl (C=O) groups excluding carboxylic acids is 1. The SMILES string of the molecule is CC1(C)CCc2c(cc3c(c2O)C(=O)C(c2c(O)cc(O)c4c(=O)cc(-c5ccc(O)c(O)c5)oc24)C(c2ccc(O)cc2)O3)O1. The van der Waals surface area contributed by atoms with E-state index in [9.17, 15) is 40.2 Å². The molecule has 0 radical (unpaired) electrons. The van der Waals surface area contributed by atoms with Crippen LogP contribution < -0.4 is 14.9 Å². The number of aromatic hydroxyl groups is 6. The van der Waals surface area contributed by atoms with Gasteiger partial charge in [0.05, 0.1) is 11.5 Å². The van der Waals surface area contributed by atoms with Gasteiger partial charge in [0.15, 0.2) is 22.7 Å². The summed E-state index contributed by atoms with van der Waals surface area (Å²) in [6.45, 7) is 3.82. The lowest BCUT2D eigenvalue weighted by Crippen LogP contribution is -2.34. The van der Waals surface area contributed by atoms with Gasteiger partial charge in [0, 0.05) is 29.3 Å². The van der Waals surface area contributed by atoms with Crippen LogP contribution in [0.4, 0.5) is 0 Å². The summed E-state index contributed by atoms with van der Waals surface area (Å²) in [7, 11) is 0. The lowest BCUT2D eigenvalue weighted by atomic mass is 9.78. The smallest absolute Gasteiger partial charge is 0.197 e. The minimum atomic E-state index is -1.43. The summed E-state index contributed by atoms with van der Waals surface area (Å²) in [4.78, 5) is 28.0. The van der Waals surface area contributed by atoms with Crippen LogP contribution in [-0.2, 0) is 6.42 Å². The van der Waals surface area contributed by atoms with E-state index < -0.39 is 51.8 Å². The van der Waals surface area contributed by atoms with E-state index in [0.717, 1.165) is 18.2 Å². The van der Waals surface area contributed by atoms with E-state index in [1.54, 1.807) is 6.07 Å². The Labute approximate surface area is 260 Å². The van der Waals surface area contributed by atoms with Gasteiger partial charge in [-0.2, -0.15) is 0 Å². The average molecular weight is 625 g/mol. The summed E-state index contributed by atoms with van der Waals surface area (Å²) in [5.74, 6) is -4.23. The number of fused-ring (bicyclic) bond motifs is 3. The molecule has 0 fully saturated rings. The molecule has 0 amide bonds. The summed E-state index contributed by atoms with van der Waals surface area (Å²) < 4.78 is 18.6. The average Bonchev–Trinajstić information content (AvgIpc) is 2.98. The zero-order valence-corrected chi connectivity index (χ0v) is 24.6. The van der Waals surface area contributed by atoms with Crippen molar-refractivity contribution in [1.29, 1.82) is 0 Å². The monoisotopic (exact) mass is 624 g/mol. The molecule has 2 unspecified atom stereocenters. The molecular weight excluding hydrogens is 596 g/mol. The Morgan fingerprint density at radius 3 is 2.24 bits per heavy atom. The summed E-state index contributed by atoms with van der Waals surface area (Å²) in [6, 6.07) is 13.2. The summed E-state index contributed by atoms with van der Waals surface area (Å²) >= 11 is 0. The van der Waals surface area contributed by atoms with Crippen LogP contribution in [0.15, 0.2) is 69.9 Å². The van der Waals surface area contributed by atoms with Gasteiger partial charge in [0.2, 0.25) is 0 Å². The lowest BCUT2D eigenvalue weighted by molar-refractivity contribution is 0.0735. The first-order chi connectivity index (χ1) is 21.8. The van der Waals surface area contributed by atoms with Crippen molar-refractivity contribution in [1.82, 2.24) is 0 Å². The van der Waals surface area contributed by atoms with Crippen molar-refractivity contribution in [2.45, 2.75) is 44.3 Å². The molecule has 2 aliphatic rings. The molecule has 0 saturated heterocycles. The van der Waals surface area contributed by atoms with E-state index >= 15 is 0 Å². The van der Waals surface area contributed by atoms with Gasteiger partial charge in [0.1, 0.15) is 68.5 Å². The molecule has 2 atom stereocenters. The number of ketones is 1. The van der Waals surface area contributed by atoms with E-state index in [2.05, 4.69) is 0 Å². The standard InChI is InChI=1S/C35H28O11/c1-35(2)10-9-18-25(46-35)14-26-29(31(18)42)32(43)30(33(45-26)15-3-6-17(36)7-4-15)28-22(40)12-21(39)27-23(41)13-24(44-34(27)28)16-5-8-19(37)20(38)11-16/h3-8,11-14,30,33,36-40,42H,9-10H2,1-2H3. The van der Waals surface area contributed by atoms with Crippen molar-refractivity contribution >= 4 is 16.8 Å². The molecule has 1 aromatic heterocycles. The third-order valence-corrected chi connectivity index (χ3v) is 8.57. The number of ether oxygens (including phenoxy) is 2. The number of rotatable bonds is 3. The van der Waals surface area contributed by atoms with Gasteiger partial charge in [-0.05, 0) is 62.6 Å². The second-order valence-electron chi connectivity index (χ2n) is 12.1. The Hall–Kier alpha value is -5.84. The van der Waals surface area contributed by atoms with E-state index in [4.69, 9.17) is 13.9 Å². The number of hydrogen-bond acceptors (Lipinski definition) is 11.